The van der Waals surface area contributed by atoms with Crippen LogP contribution in [-0.4, -0.2) is 29.9 Å². The van der Waals surface area contributed by atoms with Gasteiger partial charge in [0.15, 0.2) is 0 Å². The van der Waals surface area contributed by atoms with E-state index in [0.29, 0.717) is 38.5 Å². The van der Waals surface area contributed by atoms with Crippen molar-refractivity contribution in [3.63, 3.8) is 0 Å². The quantitative estimate of drug-likeness (QED) is 0.263. The summed E-state index contributed by atoms with van der Waals surface area (Å²) in [7, 11) is 0. The number of hydrogen-bond donors (Lipinski definition) is 0. The molecular weight excluding hydrogens is 482 g/mol. The van der Waals surface area contributed by atoms with Crippen LogP contribution in [0, 0.1) is 0 Å². The average Bonchev–Trinajstić information content (AvgIpc) is 2.77. The maximum atomic E-state index is 2.42. The molecule has 4 rings (SSSR count). The molecule has 0 amide bonds. The Labute approximate surface area is 188 Å². The Kier molecular flexibility index (Phi) is 6.99. The minimum atomic E-state index is 0.342. The van der Waals surface area contributed by atoms with Crippen LogP contribution < -0.4 is 8.92 Å². The summed E-state index contributed by atoms with van der Waals surface area (Å²) >= 11 is 0.953. The van der Waals surface area contributed by atoms with Gasteiger partial charge in [-0.2, -0.15) is 0 Å². The Morgan fingerprint density at radius 3 is 1.62 bits per heavy atom. The van der Waals surface area contributed by atoms with Crippen LogP contribution in [0.3, 0.4) is 0 Å². The predicted molar refractivity (Wildman–Crippen MR) is 128 cm³/mol. The van der Waals surface area contributed by atoms with Crippen molar-refractivity contribution in [1.82, 2.24) is 0 Å². The zero-order valence-corrected chi connectivity index (χ0v) is 20.6. The van der Waals surface area contributed by atoms with Gasteiger partial charge >= 0.3 is 189 Å². The van der Waals surface area contributed by atoms with Crippen molar-refractivity contribution in [2.75, 3.05) is 0 Å². The van der Waals surface area contributed by atoms with Gasteiger partial charge in [0.25, 0.3) is 0 Å². The molecule has 29 heavy (non-hydrogen) atoms. The summed E-state index contributed by atoms with van der Waals surface area (Å²) in [4.78, 5) is 0. The van der Waals surface area contributed by atoms with Gasteiger partial charge in [-0.3, -0.25) is 0 Å². The third-order valence-corrected chi connectivity index (χ3v) is 14.0. The van der Waals surface area contributed by atoms with E-state index in [1.807, 2.05) is 0 Å². The van der Waals surface area contributed by atoms with Gasteiger partial charge in [0.1, 0.15) is 0 Å². The van der Waals surface area contributed by atoms with E-state index in [4.69, 9.17) is 0 Å². The molecular formula is C27H30Se2. The van der Waals surface area contributed by atoms with Gasteiger partial charge in [-0.25, -0.2) is 0 Å². The van der Waals surface area contributed by atoms with Crippen molar-refractivity contribution in [3.05, 3.63) is 96.6 Å². The Morgan fingerprint density at radius 1 is 0.655 bits per heavy atom. The van der Waals surface area contributed by atoms with Crippen LogP contribution in [0.4, 0.5) is 0 Å². The second-order valence-corrected chi connectivity index (χ2v) is 15.1. The first-order valence-corrected chi connectivity index (χ1v) is 14.2. The summed E-state index contributed by atoms with van der Waals surface area (Å²) in [5.41, 5.74) is 1.94. The number of hydrogen-bond acceptors (Lipinski definition) is 0. The van der Waals surface area contributed by atoms with E-state index >= 15 is 0 Å². The Balaban J connectivity index is 1.76. The third kappa shape index (κ3) is 4.42. The molecule has 0 spiro atoms. The van der Waals surface area contributed by atoms with Gasteiger partial charge in [0.2, 0.25) is 0 Å². The van der Waals surface area contributed by atoms with Crippen molar-refractivity contribution in [2.24, 2.45) is 0 Å². The fraction of sp³-hybridized carbons (Fsp3) is 0.333. The molecule has 0 bridgehead atoms. The van der Waals surface area contributed by atoms with Gasteiger partial charge in [-0.1, -0.05) is 0 Å². The molecule has 0 heterocycles. The summed E-state index contributed by atoms with van der Waals surface area (Å²) in [6, 6.07) is 34.2. The zero-order valence-electron chi connectivity index (χ0n) is 17.2. The van der Waals surface area contributed by atoms with Gasteiger partial charge in [-0.15, -0.1) is 0 Å². The van der Waals surface area contributed by atoms with Gasteiger partial charge in [-0.05, 0) is 0 Å². The van der Waals surface area contributed by atoms with Crippen LogP contribution >= 0.6 is 0 Å². The second-order valence-electron chi connectivity index (χ2n) is 7.99. The van der Waals surface area contributed by atoms with Crippen LogP contribution in [0.15, 0.2) is 91.0 Å². The first-order chi connectivity index (χ1) is 14.3. The standard InChI is InChI=1S/C27H30Se2/c1-2-3-13-20-26(23-14-7-4-8-15-23)21-22-27(26,28-24-16-9-5-10-17-24)29-25-18-11-6-12-19-25/h4-12,14-19H,2-3,13,20-22H2,1H3/t26-/m0/s1. The normalized spacial score (nSPS) is 20.2. The van der Waals surface area contributed by atoms with E-state index in [2.05, 4.69) is 97.9 Å². The average molecular weight is 512 g/mol. The van der Waals surface area contributed by atoms with Crippen LogP contribution in [0.5, 0.6) is 0 Å². The van der Waals surface area contributed by atoms with Crippen molar-refractivity contribution in [1.29, 1.82) is 0 Å². The zero-order chi connectivity index (χ0) is 20.0. The van der Waals surface area contributed by atoms with Gasteiger partial charge in [0, 0.05) is 0 Å². The van der Waals surface area contributed by atoms with Crippen LogP contribution in [-0.2, 0) is 5.41 Å². The van der Waals surface area contributed by atoms with Crippen molar-refractivity contribution >= 4 is 38.8 Å². The molecule has 0 aliphatic heterocycles. The Morgan fingerprint density at radius 2 is 1.17 bits per heavy atom. The van der Waals surface area contributed by atoms with Crippen molar-refractivity contribution in [2.45, 2.75) is 54.1 Å². The maximum absolute atomic E-state index is 2.42. The molecule has 0 saturated heterocycles. The molecule has 1 saturated carbocycles. The van der Waals surface area contributed by atoms with Crippen LogP contribution in [0.25, 0.3) is 0 Å². The first-order valence-electron chi connectivity index (χ1n) is 10.8. The van der Waals surface area contributed by atoms with E-state index < -0.39 is 0 Å². The SMILES string of the molecule is CCCCC[C@@]1(c2ccccc2)CCC1([Se]c1ccccc1)[Se]c1ccccc1. The molecule has 150 valence electrons. The van der Waals surface area contributed by atoms with E-state index in [1.54, 1.807) is 14.5 Å². The summed E-state index contributed by atoms with van der Waals surface area (Å²) in [6.07, 6.45) is 8.06. The fourth-order valence-corrected chi connectivity index (χ4v) is 13.1. The Hall–Kier alpha value is -1.30. The number of rotatable bonds is 9. The number of benzene rings is 3. The molecule has 0 radical (unpaired) electrons. The molecule has 2 heteroatoms. The summed E-state index contributed by atoms with van der Waals surface area (Å²) in [6.45, 7) is 2.32. The monoisotopic (exact) mass is 514 g/mol. The minimum absolute atomic E-state index is 0.342. The summed E-state index contributed by atoms with van der Waals surface area (Å²) in [5, 5.41) is 0. The third-order valence-electron chi connectivity index (χ3n) is 6.20. The molecule has 0 unspecified atom stereocenters. The van der Waals surface area contributed by atoms with E-state index in [-0.39, 0.29) is 0 Å². The van der Waals surface area contributed by atoms with Crippen LogP contribution in [0.1, 0.15) is 51.0 Å². The summed E-state index contributed by atoms with van der Waals surface area (Å²) in [5.74, 6) is 0. The second kappa shape index (κ2) is 9.67. The number of unbranched alkanes of at least 4 members (excludes halogenated alkanes) is 2. The first kappa shape index (κ1) is 21.0. The molecule has 3 aromatic carbocycles. The van der Waals surface area contributed by atoms with Crippen molar-refractivity contribution < 1.29 is 0 Å². The van der Waals surface area contributed by atoms with Crippen molar-refractivity contribution in [3.8, 4) is 0 Å². The summed E-state index contributed by atoms with van der Waals surface area (Å²) < 4.78 is 3.55. The van der Waals surface area contributed by atoms with Gasteiger partial charge in [0.05, 0.1) is 0 Å². The fourth-order valence-electron chi connectivity index (χ4n) is 4.56. The van der Waals surface area contributed by atoms with E-state index in [0.717, 1.165) is 0 Å². The van der Waals surface area contributed by atoms with Gasteiger partial charge < -0.3 is 0 Å². The predicted octanol–water partition coefficient (Wildman–Crippen LogP) is 5.47. The molecule has 0 nitrogen and oxygen atoms in total. The van der Waals surface area contributed by atoms with Crippen LogP contribution in [0.2, 0.25) is 3.21 Å². The van der Waals surface area contributed by atoms with E-state index in [1.165, 1.54) is 38.5 Å². The molecule has 0 aromatic heterocycles. The Bertz CT molecular complexity index is 835. The topological polar surface area (TPSA) is 0 Å². The molecule has 1 aliphatic carbocycles. The molecule has 1 atom stereocenters. The molecule has 1 fully saturated rings. The molecule has 3 aromatic rings. The molecule has 1 aliphatic rings. The van der Waals surface area contributed by atoms with E-state index in [9.17, 15) is 0 Å². The molecule has 0 N–H and O–H groups in total.